The number of nitrogens with zero attached hydrogens (tertiary/aromatic N) is 1. The smallest absolute Gasteiger partial charge is 0.336 e. The molecule has 3 aromatic rings. The zero-order valence-corrected chi connectivity index (χ0v) is 15.3. The Morgan fingerprint density at radius 1 is 1.17 bits per heavy atom. The van der Waals surface area contributed by atoms with E-state index in [4.69, 9.17) is 23.2 Å². The van der Waals surface area contributed by atoms with E-state index in [9.17, 15) is 9.90 Å². The summed E-state index contributed by atoms with van der Waals surface area (Å²) in [4.78, 5) is 16.6. The highest BCUT2D eigenvalue weighted by atomic mass is 35.5. The van der Waals surface area contributed by atoms with Gasteiger partial charge >= 0.3 is 5.97 Å². The lowest BCUT2D eigenvalue weighted by Gasteiger charge is -2.03. The molecule has 2 aromatic carbocycles. The molecule has 0 atom stereocenters. The van der Waals surface area contributed by atoms with Gasteiger partial charge in [-0.25, -0.2) is 9.78 Å². The number of aromatic nitrogens is 1. The maximum Gasteiger partial charge on any atom is 0.336 e. The van der Waals surface area contributed by atoms with E-state index in [1.165, 1.54) is 23.1 Å². The van der Waals surface area contributed by atoms with Gasteiger partial charge in [0.15, 0.2) is 0 Å². The maximum atomic E-state index is 11.2. The average molecular weight is 396 g/mol. The Bertz CT molecular complexity index is 896. The van der Waals surface area contributed by atoms with Gasteiger partial charge in [0, 0.05) is 15.8 Å². The minimum Gasteiger partial charge on any atom is -0.478 e. The number of rotatable bonds is 5. The van der Waals surface area contributed by atoms with E-state index in [0.29, 0.717) is 21.4 Å². The van der Waals surface area contributed by atoms with Crippen molar-refractivity contribution >= 4 is 52.3 Å². The second kappa shape index (κ2) is 7.57. The molecular weight excluding hydrogens is 385 g/mol. The summed E-state index contributed by atoms with van der Waals surface area (Å²) in [5.74, 6) is -0.315. The second-order valence-corrected chi connectivity index (χ2v) is 7.62. The third-order valence-corrected chi connectivity index (χ3v) is 6.09. The minimum atomic E-state index is -0.922. The average Bonchev–Trinajstić information content (AvgIpc) is 3.04. The summed E-state index contributed by atoms with van der Waals surface area (Å²) < 4.78 is 0. The van der Waals surface area contributed by atoms with Crippen molar-refractivity contribution in [2.75, 3.05) is 0 Å². The monoisotopic (exact) mass is 395 g/mol. The quantitative estimate of drug-likeness (QED) is 0.529. The molecule has 7 heteroatoms. The van der Waals surface area contributed by atoms with Crippen molar-refractivity contribution in [2.45, 2.75) is 10.6 Å². The Morgan fingerprint density at radius 3 is 2.71 bits per heavy atom. The van der Waals surface area contributed by atoms with Crippen LogP contribution < -0.4 is 0 Å². The topological polar surface area (TPSA) is 50.2 Å². The van der Waals surface area contributed by atoms with Crippen molar-refractivity contribution in [3.63, 3.8) is 0 Å². The van der Waals surface area contributed by atoms with Crippen LogP contribution in [-0.4, -0.2) is 16.1 Å². The third-order valence-electron chi connectivity index (χ3n) is 3.24. The number of aromatic carboxylic acids is 1. The van der Waals surface area contributed by atoms with Gasteiger partial charge in [-0.1, -0.05) is 41.4 Å². The Kier molecular flexibility index (Phi) is 5.46. The first-order valence-electron chi connectivity index (χ1n) is 6.89. The highest BCUT2D eigenvalue weighted by Crippen LogP contribution is 2.32. The molecule has 0 spiro atoms. The normalized spacial score (nSPS) is 10.8. The van der Waals surface area contributed by atoms with Crippen molar-refractivity contribution < 1.29 is 9.90 Å². The van der Waals surface area contributed by atoms with Crippen LogP contribution in [0.1, 0.15) is 15.4 Å². The number of hydrogen-bond acceptors (Lipinski definition) is 4. The second-order valence-electron chi connectivity index (χ2n) is 4.85. The van der Waals surface area contributed by atoms with Gasteiger partial charge in [0.2, 0.25) is 0 Å². The van der Waals surface area contributed by atoms with Gasteiger partial charge in [0.1, 0.15) is 5.01 Å². The predicted octanol–water partition coefficient (Wildman–Crippen LogP) is 6.11. The number of hydrogen-bond donors (Lipinski definition) is 1. The van der Waals surface area contributed by atoms with Crippen molar-refractivity contribution in [3.8, 4) is 11.3 Å². The molecule has 0 saturated carbocycles. The summed E-state index contributed by atoms with van der Waals surface area (Å²) in [6.07, 6.45) is 0. The van der Waals surface area contributed by atoms with E-state index in [1.54, 1.807) is 24.3 Å². The summed E-state index contributed by atoms with van der Waals surface area (Å²) in [5.41, 5.74) is 2.05. The van der Waals surface area contributed by atoms with Gasteiger partial charge in [-0.15, -0.1) is 23.1 Å². The van der Waals surface area contributed by atoms with E-state index in [2.05, 4.69) is 4.98 Å². The van der Waals surface area contributed by atoms with Gasteiger partial charge in [-0.05, 0) is 24.3 Å². The first-order chi connectivity index (χ1) is 11.5. The van der Waals surface area contributed by atoms with E-state index < -0.39 is 5.97 Å². The first-order valence-corrected chi connectivity index (χ1v) is 9.51. The number of carbonyl (C=O) groups is 1. The number of carboxylic acids is 1. The molecule has 0 fully saturated rings. The fourth-order valence-electron chi connectivity index (χ4n) is 2.07. The predicted molar refractivity (Wildman–Crippen MR) is 101 cm³/mol. The molecular formula is C17H11Cl2NO2S2. The number of benzene rings is 2. The lowest BCUT2D eigenvalue weighted by atomic mass is 10.2. The van der Waals surface area contributed by atoms with Crippen molar-refractivity contribution in [3.05, 3.63) is 68.5 Å². The van der Waals surface area contributed by atoms with Crippen molar-refractivity contribution in [1.29, 1.82) is 0 Å². The van der Waals surface area contributed by atoms with Crippen molar-refractivity contribution in [1.82, 2.24) is 4.98 Å². The molecule has 0 aliphatic carbocycles. The molecule has 0 unspecified atom stereocenters. The molecule has 3 rings (SSSR count). The molecule has 122 valence electrons. The van der Waals surface area contributed by atoms with Crippen molar-refractivity contribution in [2.24, 2.45) is 0 Å². The molecule has 0 bridgehead atoms. The molecule has 1 heterocycles. The first kappa shape index (κ1) is 17.3. The summed E-state index contributed by atoms with van der Waals surface area (Å²) in [6, 6.07) is 12.4. The Hall–Kier alpha value is -1.53. The fraction of sp³-hybridized carbons (Fsp3) is 0.0588. The highest BCUT2D eigenvalue weighted by molar-refractivity contribution is 7.98. The van der Waals surface area contributed by atoms with Gasteiger partial charge in [0.25, 0.3) is 0 Å². The molecule has 1 aromatic heterocycles. The largest absolute Gasteiger partial charge is 0.478 e. The zero-order valence-electron chi connectivity index (χ0n) is 12.2. The molecule has 0 amide bonds. The molecule has 3 nitrogen and oxygen atoms in total. The molecule has 24 heavy (non-hydrogen) atoms. The van der Waals surface area contributed by atoms with E-state index in [-0.39, 0.29) is 0 Å². The van der Waals surface area contributed by atoms with E-state index in [0.717, 1.165) is 21.2 Å². The van der Waals surface area contributed by atoms with Crippen LogP contribution in [0.4, 0.5) is 0 Å². The zero-order chi connectivity index (χ0) is 17.1. The lowest BCUT2D eigenvalue weighted by molar-refractivity contribution is 0.0693. The van der Waals surface area contributed by atoms with Gasteiger partial charge in [-0.2, -0.15) is 0 Å². The third kappa shape index (κ3) is 3.92. The molecule has 1 N–H and O–H groups in total. The van der Waals surface area contributed by atoms with Gasteiger partial charge < -0.3 is 5.11 Å². The van der Waals surface area contributed by atoms with Crippen LogP contribution in [0.15, 0.2) is 52.7 Å². The Labute approximate surface area is 157 Å². The highest BCUT2D eigenvalue weighted by Gasteiger charge is 2.11. The summed E-state index contributed by atoms with van der Waals surface area (Å²) >= 11 is 15.0. The number of carboxylic acid groups (broad SMARTS) is 1. The van der Waals surface area contributed by atoms with Gasteiger partial charge in [0.05, 0.1) is 27.1 Å². The molecule has 0 aliphatic heterocycles. The van der Waals surface area contributed by atoms with Crippen LogP contribution in [0.2, 0.25) is 10.0 Å². The van der Waals surface area contributed by atoms with Crippen LogP contribution >= 0.6 is 46.3 Å². The van der Waals surface area contributed by atoms with Crippen LogP contribution in [-0.2, 0) is 5.75 Å². The lowest BCUT2D eigenvalue weighted by Crippen LogP contribution is -1.98. The van der Waals surface area contributed by atoms with Gasteiger partial charge in [-0.3, -0.25) is 0 Å². The number of thiazole rings is 1. The molecule has 0 aliphatic rings. The maximum absolute atomic E-state index is 11.2. The summed E-state index contributed by atoms with van der Waals surface area (Å²) in [6.45, 7) is 0. The SMILES string of the molecule is O=C(O)c1ccccc1SCc1nc(-c2ccc(Cl)c(Cl)c2)cs1. The number of halogens is 2. The summed E-state index contributed by atoms with van der Waals surface area (Å²) in [5, 5.41) is 13.1. The van der Waals surface area contributed by atoms with Crippen LogP contribution in [0.25, 0.3) is 11.3 Å². The fourth-order valence-corrected chi connectivity index (χ4v) is 4.24. The van der Waals surface area contributed by atoms with E-state index in [1.807, 2.05) is 23.6 Å². The van der Waals surface area contributed by atoms with Crippen LogP contribution in [0, 0.1) is 0 Å². The molecule has 0 saturated heterocycles. The number of thioether (sulfide) groups is 1. The minimum absolute atomic E-state index is 0.309. The Balaban J connectivity index is 1.75. The standard InChI is InChI=1S/C17H11Cl2NO2S2/c18-12-6-5-10(7-13(12)19)14-8-24-16(20-14)9-23-15-4-2-1-3-11(15)17(21)22/h1-8H,9H2,(H,21,22). The van der Waals surface area contributed by atoms with Crippen LogP contribution in [0.3, 0.4) is 0 Å². The van der Waals surface area contributed by atoms with Crippen LogP contribution in [0.5, 0.6) is 0 Å². The van der Waals surface area contributed by atoms with E-state index >= 15 is 0 Å². The molecule has 0 radical (unpaired) electrons. The summed E-state index contributed by atoms with van der Waals surface area (Å²) in [7, 11) is 0. The Morgan fingerprint density at radius 2 is 1.96 bits per heavy atom.